The topological polar surface area (TPSA) is 52.0 Å². The fourth-order valence-electron chi connectivity index (χ4n) is 0.989. The standard InChI is InChI=1S/C9H13BrN2/c1-6(11)9(12)7-2-4-8(10)5-3-7/h2-6,9H,11-12H2,1H3/t6-,9+/m0/s1. The molecule has 0 spiro atoms. The summed E-state index contributed by atoms with van der Waals surface area (Å²) in [6.07, 6.45) is 0. The van der Waals surface area contributed by atoms with Crippen LogP contribution in [0.2, 0.25) is 0 Å². The van der Waals surface area contributed by atoms with Gasteiger partial charge in [0.05, 0.1) is 0 Å². The SMILES string of the molecule is C[C@H](N)[C@@H](N)c1ccc(Br)cc1. The Labute approximate surface area is 81.1 Å². The molecule has 0 amide bonds. The average molecular weight is 229 g/mol. The maximum Gasteiger partial charge on any atom is 0.0445 e. The van der Waals surface area contributed by atoms with Gasteiger partial charge < -0.3 is 11.5 Å². The van der Waals surface area contributed by atoms with Gasteiger partial charge >= 0.3 is 0 Å². The Morgan fingerprint density at radius 3 is 2.08 bits per heavy atom. The summed E-state index contributed by atoms with van der Waals surface area (Å²) < 4.78 is 1.06. The van der Waals surface area contributed by atoms with Crippen LogP contribution >= 0.6 is 15.9 Å². The molecular weight excluding hydrogens is 216 g/mol. The number of nitrogens with two attached hydrogens (primary N) is 2. The van der Waals surface area contributed by atoms with Gasteiger partial charge in [-0.25, -0.2) is 0 Å². The Balaban J connectivity index is 2.82. The van der Waals surface area contributed by atoms with Crippen molar-refractivity contribution in [2.75, 3.05) is 0 Å². The van der Waals surface area contributed by atoms with Gasteiger partial charge in [-0.1, -0.05) is 28.1 Å². The fraction of sp³-hybridized carbons (Fsp3) is 0.333. The lowest BCUT2D eigenvalue weighted by atomic mass is 10.0. The molecule has 1 rings (SSSR count). The van der Waals surface area contributed by atoms with Crippen LogP contribution in [0.4, 0.5) is 0 Å². The number of halogens is 1. The van der Waals surface area contributed by atoms with Crippen molar-refractivity contribution in [3.8, 4) is 0 Å². The molecule has 0 heterocycles. The first kappa shape index (κ1) is 9.71. The third-order valence-electron chi connectivity index (χ3n) is 1.82. The van der Waals surface area contributed by atoms with Gasteiger partial charge in [-0.2, -0.15) is 0 Å². The molecule has 0 aliphatic carbocycles. The molecule has 4 N–H and O–H groups in total. The van der Waals surface area contributed by atoms with Crippen molar-refractivity contribution in [3.63, 3.8) is 0 Å². The van der Waals surface area contributed by atoms with Crippen LogP contribution in [0.15, 0.2) is 28.7 Å². The van der Waals surface area contributed by atoms with Crippen LogP contribution in [0.5, 0.6) is 0 Å². The smallest absolute Gasteiger partial charge is 0.0445 e. The molecule has 0 bridgehead atoms. The first-order chi connectivity index (χ1) is 5.61. The monoisotopic (exact) mass is 228 g/mol. The molecule has 0 saturated heterocycles. The molecule has 3 heteroatoms. The van der Waals surface area contributed by atoms with E-state index in [1.54, 1.807) is 0 Å². The van der Waals surface area contributed by atoms with Crippen molar-refractivity contribution in [2.45, 2.75) is 19.0 Å². The molecule has 1 aromatic rings. The van der Waals surface area contributed by atoms with Gasteiger partial charge in [0.1, 0.15) is 0 Å². The summed E-state index contributed by atoms with van der Waals surface area (Å²) in [6, 6.07) is 7.83. The molecule has 2 nitrogen and oxygen atoms in total. The molecule has 0 fully saturated rings. The fourth-order valence-corrected chi connectivity index (χ4v) is 1.25. The lowest BCUT2D eigenvalue weighted by Gasteiger charge is -2.15. The lowest BCUT2D eigenvalue weighted by Crippen LogP contribution is -2.30. The molecule has 0 radical (unpaired) electrons. The largest absolute Gasteiger partial charge is 0.326 e. The van der Waals surface area contributed by atoms with E-state index in [0.717, 1.165) is 10.0 Å². The highest BCUT2D eigenvalue weighted by Crippen LogP contribution is 2.16. The average Bonchev–Trinajstić information content (AvgIpc) is 2.04. The minimum atomic E-state index is -0.0712. The molecule has 0 aliphatic rings. The number of benzene rings is 1. The minimum Gasteiger partial charge on any atom is -0.326 e. The Bertz CT molecular complexity index is 243. The van der Waals surface area contributed by atoms with Crippen LogP contribution in [0, 0.1) is 0 Å². The van der Waals surface area contributed by atoms with E-state index in [0.29, 0.717) is 0 Å². The van der Waals surface area contributed by atoms with E-state index in [9.17, 15) is 0 Å². The summed E-state index contributed by atoms with van der Waals surface area (Å²) in [5.74, 6) is 0. The van der Waals surface area contributed by atoms with Crippen molar-refractivity contribution in [1.82, 2.24) is 0 Å². The van der Waals surface area contributed by atoms with Crippen molar-refractivity contribution in [2.24, 2.45) is 11.5 Å². The Hall–Kier alpha value is -0.380. The number of hydrogen-bond donors (Lipinski definition) is 2. The summed E-state index contributed by atoms with van der Waals surface area (Å²) in [6.45, 7) is 1.91. The highest BCUT2D eigenvalue weighted by Gasteiger charge is 2.09. The highest BCUT2D eigenvalue weighted by molar-refractivity contribution is 9.10. The second-order valence-corrected chi connectivity index (χ2v) is 3.85. The molecule has 0 aliphatic heterocycles. The summed E-state index contributed by atoms with van der Waals surface area (Å²) in [5, 5.41) is 0. The Morgan fingerprint density at radius 2 is 1.67 bits per heavy atom. The summed E-state index contributed by atoms with van der Waals surface area (Å²) in [5.41, 5.74) is 12.6. The van der Waals surface area contributed by atoms with Crippen LogP contribution in [0.3, 0.4) is 0 Å². The second-order valence-electron chi connectivity index (χ2n) is 2.94. The van der Waals surface area contributed by atoms with Gasteiger partial charge in [0, 0.05) is 16.6 Å². The molecule has 0 aromatic heterocycles. The van der Waals surface area contributed by atoms with Gasteiger partial charge in [-0.3, -0.25) is 0 Å². The normalized spacial score (nSPS) is 15.7. The van der Waals surface area contributed by atoms with Crippen molar-refractivity contribution >= 4 is 15.9 Å². The lowest BCUT2D eigenvalue weighted by molar-refractivity contribution is 0.589. The quantitative estimate of drug-likeness (QED) is 0.812. The molecule has 0 saturated carbocycles. The predicted molar refractivity (Wildman–Crippen MR) is 54.7 cm³/mol. The zero-order chi connectivity index (χ0) is 9.14. The van der Waals surface area contributed by atoms with Gasteiger partial charge in [-0.15, -0.1) is 0 Å². The molecule has 12 heavy (non-hydrogen) atoms. The van der Waals surface area contributed by atoms with Crippen molar-refractivity contribution in [1.29, 1.82) is 0 Å². The van der Waals surface area contributed by atoms with Gasteiger partial charge in [0.25, 0.3) is 0 Å². The van der Waals surface area contributed by atoms with Crippen molar-refractivity contribution in [3.05, 3.63) is 34.3 Å². The van der Waals surface area contributed by atoms with Crippen LogP contribution in [0.1, 0.15) is 18.5 Å². The zero-order valence-corrected chi connectivity index (χ0v) is 8.58. The van der Waals surface area contributed by atoms with Gasteiger partial charge in [0.2, 0.25) is 0 Å². The maximum absolute atomic E-state index is 5.85. The third kappa shape index (κ3) is 2.30. The van der Waals surface area contributed by atoms with E-state index in [4.69, 9.17) is 11.5 Å². The molecule has 2 atom stereocenters. The maximum atomic E-state index is 5.85. The van der Waals surface area contributed by atoms with Crippen LogP contribution < -0.4 is 11.5 Å². The van der Waals surface area contributed by atoms with Gasteiger partial charge in [-0.05, 0) is 24.6 Å². The van der Waals surface area contributed by atoms with Crippen molar-refractivity contribution < 1.29 is 0 Å². The summed E-state index contributed by atoms with van der Waals surface area (Å²) in [7, 11) is 0. The second kappa shape index (κ2) is 4.03. The molecule has 1 aromatic carbocycles. The van der Waals surface area contributed by atoms with E-state index in [1.165, 1.54) is 0 Å². The molecular formula is C9H13BrN2. The molecule has 66 valence electrons. The van der Waals surface area contributed by atoms with Crippen LogP contribution in [0.25, 0.3) is 0 Å². The van der Waals surface area contributed by atoms with Crippen LogP contribution in [-0.4, -0.2) is 6.04 Å². The first-order valence-electron chi connectivity index (χ1n) is 3.88. The molecule has 0 unspecified atom stereocenters. The van der Waals surface area contributed by atoms with E-state index >= 15 is 0 Å². The minimum absolute atomic E-state index is 0.00817. The first-order valence-corrected chi connectivity index (χ1v) is 4.67. The van der Waals surface area contributed by atoms with E-state index in [-0.39, 0.29) is 12.1 Å². The third-order valence-corrected chi connectivity index (χ3v) is 2.35. The summed E-state index contributed by atoms with van der Waals surface area (Å²) in [4.78, 5) is 0. The van der Waals surface area contributed by atoms with Crippen LogP contribution in [-0.2, 0) is 0 Å². The zero-order valence-electron chi connectivity index (χ0n) is 7.00. The van der Waals surface area contributed by atoms with E-state index in [2.05, 4.69) is 15.9 Å². The van der Waals surface area contributed by atoms with E-state index in [1.807, 2.05) is 31.2 Å². The number of hydrogen-bond acceptors (Lipinski definition) is 2. The summed E-state index contributed by atoms with van der Waals surface area (Å²) >= 11 is 3.36. The predicted octanol–water partition coefficient (Wildman–Crippen LogP) is 1.80. The van der Waals surface area contributed by atoms with E-state index < -0.39 is 0 Å². The Morgan fingerprint density at radius 1 is 1.17 bits per heavy atom. The highest BCUT2D eigenvalue weighted by atomic mass is 79.9. The number of rotatable bonds is 2. The Kier molecular flexibility index (Phi) is 3.26. The van der Waals surface area contributed by atoms with Gasteiger partial charge in [0.15, 0.2) is 0 Å².